The lowest BCUT2D eigenvalue weighted by Gasteiger charge is -2.35. The molecule has 4 rings (SSSR count). The number of hydrogen-bond acceptors (Lipinski definition) is 8. The van der Waals surface area contributed by atoms with Crippen molar-refractivity contribution < 1.29 is 27.5 Å². The number of aromatic amines is 1. The van der Waals surface area contributed by atoms with Crippen LogP contribution >= 0.6 is 0 Å². The van der Waals surface area contributed by atoms with E-state index in [1.54, 1.807) is 11.0 Å². The maximum absolute atomic E-state index is 13.3. The van der Waals surface area contributed by atoms with Crippen LogP contribution in [0.25, 0.3) is 0 Å². The van der Waals surface area contributed by atoms with Gasteiger partial charge in [-0.05, 0) is 24.3 Å². The predicted molar refractivity (Wildman–Crippen MR) is 116 cm³/mol. The van der Waals surface area contributed by atoms with Crippen LogP contribution in [0.1, 0.15) is 15.9 Å². The maximum atomic E-state index is 13.3. The maximum Gasteiger partial charge on any atom is 0.419 e. The molecule has 1 aliphatic rings. The molecule has 2 aromatic heterocycles. The van der Waals surface area contributed by atoms with Gasteiger partial charge in [0.05, 0.1) is 11.1 Å². The van der Waals surface area contributed by atoms with Crippen LogP contribution in [-0.4, -0.2) is 63.2 Å². The third-order valence-corrected chi connectivity index (χ3v) is 5.09. The molecule has 1 aliphatic heterocycles. The predicted octanol–water partition coefficient (Wildman–Crippen LogP) is 2.15. The van der Waals surface area contributed by atoms with Crippen molar-refractivity contribution in [3.8, 4) is 5.88 Å². The van der Waals surface area contributed by atoms with E-state index in [0.29, 0.717) is 18.9 Å². The average molecular weight is 489 g/mol. The summed E-state index contributed by atoms with van der Waals surface area (Å²) in [5.74, 6) is -0.252. The van der Waals surface area contributed by atoms with E-state index in [9.17, 15) is 27.6 Å². The first-order valence-corrected chi connectivity index (χ1v) is 10.3. The Balaban J connectivity index is 1.33. The molecule has 0 spiro atoms. The molecule has 182 valence electrons. The lowest BCUT2D eigenvalue weighted by Crippen LogP contribution is -2.49. The van der Waals surface area contributed by atoms with Gasteiger partial charge in [-0.15, -0.1) is 10.2 Å². The Labute approximate surface area is 195 Å². The van der Waals surface area contributed by atoms with Gasteiger partial charge in [-0.1, -0.05) is 12.1 Å². The second kappa shape index (κ2) is 9.79. The normalized spacial score (nSPS) is 13.9. The zero-order valence-corrected chi connectivity index (χ0v) is 18.0. The average Bonchev–Trinajstić information content (AvgIpc) is 2.84. The molecule has 1 aromatic carbocycles. The van der Waals surface area contributed by atoms with Crippen LogP contribution in [0.2, 0.25) is 0 Å². The summed E-state index contributed by atoms with van der Waals surface area (Å²) in [5, 5.41) is 10.1. The number of H-pyrrole nitrogens is 1. The molecule has 0 bridgehead atoms. The molecule has 1 saturated heterocycles. The van der Waals surface area contributed by atoms with Crippen molar-refractivity contribution in [3.63, 3.8) is 0 Å². The van der Waals surface area contributed by atoms with Gasteiger partial charge in [0.2, 0.25) is 5.88 Å². The number of carbonyl (C=O) groups is 2. The first-order valence-electron chi connectivity index (χ1n) is 10.3. The van der Waals surface area contributed by atoms with Crippen LogP contribution in [0.3, 0.4) is 0 Å². The lowest BCUT2D eigenvalue weighted by molar-refractivity contribution is -0.138. The summed E-state index contributed by atoms with van der Waals surface area (Å²) in [4.78, 5) is 44.7. The van der Waals surface area contributed by atoms with Gasteiger partial charge in [0, 0.05) is 38.4 Å². The number of carbonyl (C=O) groups excluding carboxylic acids is 2. The number of aromatic nitrogens is 4. The Morgan fingerprint density at radius 1 is 1.00 bits per heavy atom. The summed E-state index contributed by atoms with van der Waals surface area (Å²) in [5.41, 5.74) is -1.99. The van der Waals surface area contributed by atoms with E-state index in [4.69, 9.17) is 4.74 Å². The zero-order valence-electron chi connectivity index (χ0n) is 18.0. The minimum atomic E-state index is -4.63. The first-order chi connectivity index (χ1) is 16.7. The highest BCUT2D eigenvalue weighted by Crippen LogP contribution is 2.32. The smallest absolute Gasteiger partial charge is 0.389 e. The molecule has 0 aliphatic carbocycles. The largest absolute Gasteiger partial charge is 0.419 e. The quantitative estimate of drug-likeness (QED) is 0.570. The summed E-state index contributed by atoms with van der Waals surface area (Å²) in [6, 6.07) is 9.03. The summed E-state index contributed by atoms with van der Waals surface area (Å²) in [6.07, 6.45) is -4.31. The monoisotopic (exact) mass is 489 g/mol. The van der Waals surface area contributed by atoms with Gasteiger partial charge in [-0.25, -0.2) is 14.6 Å². The highest BCUT2D eigenvalue weighted by atomic mass is 19.4. The van der Waals surface area contributed by atoms with Gasteiger partial charge >= 0.3 is 18.0 Å². The minimum absolute atomic E-state index is 0.0878. The number of rotatable bonds is 4. The highest BCUT2D eigenvalue weighted by Gasteiger charge is 2.36. The molecule has 35 heavy (non-hydrogen) atoms. The first kappa shape index (κ1) is 23.7. The zero-order chi connectivity index (χ0) is 25.0. The fraction of sp³-hybridized carbons (Fsp3) is 0.238. The number of alkyl halides is 3. The molecule has 0 unspecified atom stereocenters. The highest BCUT2D eigenvalue weighted by molar-refractivity contribution is 5.96. The van der Waals surface area contributed by atoms with Gasteiger partial charge in [-0.2, -0.15) is 13.2 Å². The van der Waals surface area contributed by atoms with E-state index in [2.05, 4.69) is 25.5 Å². The van der Waals surface area contributed by atoms with E-state index >= 15 is 0 Å². The Morgan fingerprint density at radius 3 is 2.40 bits per heavy atom. The molecule has 1 fully saturated rings. The number of anilines is 2. The molecular formula is C21H18F3N7O4. The van der Waals surface area contributed by atoms with Crippen LogP contribution in [0, 0.1) is 0 Å². The van der Waals surface area contributed by atoms with E-state index in [1.807, 2.05) is 0 Å². The van der Waals surface area contributed by atoms with Crippen LogP contribution < -0.4 is 20.6 Å². The number of hydrogen-bond donors (Lipinski definition) is 2. The summed E-state index contributed by atoms with van der Waals surface area (Å²) < 4.78 is 44.8. The van der Waals surface area contributed by atoms with E-state index in [-0.39, 0.29) is 30.4 Å². The number of benzene rings is 1. The van der Waals surface area contributed by atoms with Crippen molar-refractivity contribution >= 4 is 23.6 Å². The molecule has 14 heteroatoms. The SMILES string of the molecule is O=C(Nc1ccnc(=O)[nH]1)Oc1ccc(N2CCN(C(=O)c3ccccc3C(F)(F)F)CC2)nn1. The topological polar surface area (TPSA) is 133 Å². The molecule has 2 N–H and O–H groups in total. The van der Waals surface area contributed by atoms with Gasteiger partial charge in [0.1, 0.15) is 5.82 Å². The third-order valence-electron chi connectivity index (χ3n) is 5.09. The molecule has 2 amide bonds. The second-order valence-electron chi connectivity index (χ2n) is 7.36. The molecule has 0 atom stereocenters. The van der Waals surface area contributed by atoms with Crippen LogP contribution in [0.4, 0.5) is 29.6 Å². The van der Waals surface area contributed by atoms with Gasteiger partial charge in [-0.3, -0.25) is 15.1 Å². The number of nitrogens with zero attached hydrogens (tertiary/aromatic N) is 5. The third kappa shape index (κ3) is 5.72. The van der Waals surface area contributed by atoms with E-state index < -0.39 is 29.4 Å². The van der Waals surface area contributed by atoms with E-state index in [0.717, 1.165) is 6.07 Å². The van der Waals surface area contributed by atoms with Gasteiger partial charge < -0.3 is 14.5 Å². The number of ether oxygens (including phenoxy) is 1. The van der Waals surface area contributed by atoms with Crippen molar-refractivity contribution in [1.29, 1.82) is 0 Å². The fourth-order valence-corrected chi connectivity index (χ4v) is 3.43. The standard InChI is InChI=1S/C21H18F3N7O4/c22-21(23,24)14-4-2-1-3-13(14)18(32)31-11-9-30(10-12-31)16-5-6-17(29-28-16)35-20(34)27-15-7-8-25-19(33)26-15/h1-8H,9-12H2,(H2,25,26,27,33,34). The number of piperazine rings is 1. The lowest BCUT2D eigenvalue weighted by atomic mass is 10.1. The molecule has 0 radical (unpaired) electrons. The number of halogens is 3. The molecular weight excluding hydrogens is 471 g/mol. The minimum Gasteiger partial charge on any atom is -0.389 e. The van der Waals surface area contributed by atoms with Gasteiger partial charge in [0.15, 0.2) is 5.82 Å². The molecule has 11 nitrogen and oxygen atoms in total. The van der Waals surface area contributed by atoms with E-state index in [1.165, 1.54) is 41.4 Å². The molecule has 3 heterocycles. The second-order valence-corrected chi connectivity index (χ2v) is 7.36. The summed E-state index contributed by atoms with van der Waals surface area (Å²) in [6.45, 7) is 1.03. The van der Waals surface area contributed by atoms with Crippen LogP contribution in [-0.2, 0) is 6.18 Å². The Morgan fingerprint density at radius 2 is 1.74 bits per heavy atom. The Kier molecular flexibility index (Phi) is 6.62. The summed E-state index contributed by atoms with van der Waals surface area (Å²) >= 11 is 0. The number of amides is 2. The Hall–Kier alpha value is -4.49. The Bertz CT molecular complexity index is 1270. The summed E-state index contributed by atoms with van der Waals surface area (Å²) in [7, 11) is 0. The van der Waals surface area contributed by atoms with Crippen molar-refractivity contribution in [1.82, 2.24) is 25.1 Å². The van der Waals surface area contributed by atoms with Crippen molar-refractivity contribution in [2.75, 3.05) is 36.4 Å². The van der Waals surface area contributed by atoms with Gasteiger partial charge in [0.25, 0.3) is 5.91 Å². The van der Waals surface area contributed by atoms with Crippen LogP contribution in [0.5, 0.6) is 5.88 Å². The van der Waals surface area contributed by atoms with Crippen LogP contribution in [0.15, 0.2) is 53.5 Å². The van der Waals surface area contributed by atoms with Crippen molar-refractivity contribution in [2.24, 2.45) is 0 Å². The van der Waals surface area contributed by atoms with Crippen molar-refractivity contribution in [2.45, 2.75) is 6.18 Å². The van der Waals surface area contributed by atoms with Crippen molar-refractivity contribution in [3.05, 3.63) is 70.3 Å². The fourth-order valence-electron chi connectivity index (χ4n) is 3.43. The number of nitrogens with one attached hydrogen (secondary N) is 2. The molecule has 3 aromatic rings. The molecule has 0 saturated carbocycles.